The molecule has 0 spiro atoms. The maximum Gasteiger partial charge on any atom is 0.0994 e. The van der Waals surface area contributed by atoms with Crippen LogP contribution in [-0.4, -0.2) is 9.55 Å². The predicted molar refractivity (Wildman–Crippen MR) is 63.9 cm³/mol. The van der Waals surface area contributed by atoms with Crippen molar-refractivity contribution in [3.8, 4) is 5.69 Å². The van der Waals surface area contributed by atoms with Crippen molar-refractivity contribution in [2.24, 2.45) is 0 Å². The molecule has 0 aliphatic carbocycles. The molecule has 1 aliphatic heterocycles. The Morgan fingerprint density at radius 2 is 2.00 bits per heavy atom. The number of rotatable bonds is 0. The van der Waals surface area contributed by atoms with E-state index in [1.54, 1.807) is 0 Å². The van der Waals surface area contributed by atoms with Crippen LogP contribution < -0.4 is 0 Å². The van der Waals surface area contributed by atoms with Gasteiger partial charge in [-0.15, -0.1) is 0 Å². The standard InChI is InChI=1S/C14H10N2/c1-2-4-12-10(3-1)5-6-14-13(12)7-11-8-15-9-16(11)14/h1-6,8-9H,7H2. The number of fused-ring (bicyclic) bond motifs is 5. The van der Waals surface area contributed by atoms with Gasteiger partial charge in [0.1, 0.15) is 0 Å². The van der Waals surface area contributed by atoms with Gasteiger partial charge < -0.3 is 4.57 Å². The second-order valence-electron chi connectivity index (χ2n) is 4.22. The van der Waals surface area contributed by atoms with Crippen molar-refractivity contribution in [2.75, 3.05) is 0 Å². The van der Waals surface area contributed by atoms with E-state index in [2.05, 4.69) is 45.9 Å². The summed E-state index contributed by atoms with van der Waals surface area (Å²) in [6.07, 6.45) is 4.85. The highest BCUT2D eigenvalue weighted by Crippen LogP contribution is 2.32. The molecule has 3 aromatic rings. The SMILES string of the molecule is c1ccc2c3c(ccc2c1)-n1cncc1C3. The van der Waals surface area contributed by atoms with Crippen molar-refractivity contribution < 1.29 is 0 Å². The van der Waals surface area contributed by atoms with Crippen LogP contribution in [0.15, 0.2) is 48.9 Å². The molecule has 0 saturated heterocycles. The third kappa shape index (κ3) is 0.890. The quantitative estimate of drug-likeness (QED) is 0.432. The normalized spacial score (nSPS) is 12.8. The number of hydrogen-bond donors (Lipinski definition) is 0. The first-order valence-corrected chi connectivity index (χ1v) is 5.46. The molecule has 1 aliphatic rings. The summed E-state index contributed by atoms with van der Waals surface area (Å²) in [7, 11) is 0. The molecule has 0 N–H and O–H groups in total. The van der Waals surface area contributed by atoms with Gasteiger partial charge in [-0.1, -0.05) is 30.3 Å². The van der Waals surface area contributed by atoms with Gasteiger partial charge in [-0.3, -0.25) is 0 Å². The summed E-state index contributed by atoms with van der Waals surface area (Å²) < 4.78 is 2.18. The van der Waals surface area contributed by atoms with E-state index in [1.165, 1.54) is 27.7 Å². The molecule has 2 aromatic carbocycles. The van der Waals surface area contributed by atoms with Crippen LogP contribution >= 0.6 is 0 Å². The van der Waals surface area contributed by atoms with Crippen LogP contribution in [0.5, 0.6) is 0 Å². The summed E-state index contributed by atoms with van der Waals surface area (Å²) in [5.74, 6) is 0. The molecule has 1 aromatic heterocycles. The minimum atomic E-state index is 0.997. The largest absolute Gasteiger partial charge is 0.303 e. The van der Waals surface area contributed by atoms with E-state index < -0.39 is 0 Å². The van der Waals surface area contributed by atoms with Gasteiger partial charge in [0.15, 0.2) is 0 Å². The first-order valence-electron chi connectivity index (χ1n) is 5.46. The van der Waals surface area contributed by atoms with Gasteiger partial charge in [0.25, 0.3) is 0 Å². The summed E-state index contributed by atoms with van der Waals surface area (Å²) in [6, 6.07) is 12.9. The molecule has 0 fully saturated rings. The molecule has 76 valence electrons. The Kier molecular flexibility index (Phi) is 1.38. The van der Waals surface area contributed by atoms with E-state index in [-0.39, 0.29) is 0 Å². The van der Waals surface area contributed by atoms with Crippen molar-refractivity contribution in [1.82, 2.24) is 9.55 Å². The second kappa shape index (κ2) is 2.73. The average molecular weight is 206 g/mol. The Labute approximate surface area is 93.2 Å². The lowest BCUT2D eigenvalue weighted by molar-refractivity contribution is 1.04. The van der Waals surface area contributed by atoms with Crippen LogP contribution in [-0.2, 0) is 6.42 Å². The topological polar surface area (TPSA) is 17.8 Å². The minimum absolute atomic E-state index is 0.997. The average Bonchev–Trinajstić information content (AvgIpc) is 2.88. The van der Waals surface area contributed by atoms with Gasteiger partial charge in [-0.2, -0.15) is 0 Å². The molecule has 2 nitrogen and oxygen atoms in total. The lowest BCUT2D eigenvalue weighted by atomic mass is 10.0. The fraction of sp³-hybridized carbons (Fsp3) is 0.0714. The van der Waals surface area contributed by atoms with E-state index in [0.717, 1.165) is 6.42 Å². The predicted octanol–water partition coefficient (Wildman–Crippen LogP) is 2.93. The molecule has 16 heavy (non-hydrogen) atoms. The Hall–Kier alpha value is -2.09. The zero-order valence-electron chi connectivity index (χ0n) is 8.72. The van der Waals surface area contributed by atoms with Crippen LogP contribution in [0.2, 0.25) is 0 Å². The summed E-state index contributed by atoms with van der Waals surface area (Å²) in [4.78, 5) is 4.19. The highest BCUT2D eigenvalue weighted by Gasteiger charge is 2.19. The highest BCUT2D eigenvalue weighted by molar-refractivity contribution is 5.89. The van der Waals surface area contributed by atoms with E-state index in [1.807, 2.05) is 12.5 Å². The van der Waals surface area contributed by atoms with Crippen LogP contribution in [0.1, 0.15) is 11.3 Å². The van der Waals surface area contributed by atoms with Crippen molar-refractivity contribution in [3.63, 3.8) is 0 Å². The molecular formula is C14H10N2. The Bertz CT molecular complexity index is 695. The second-order valence-corrected chi connectivity index (χ2v) is 4.22. The van der Waals surface area contributed by atoms with Gasteiger partial charge in [0.2, 0.25) is 0 Å². The van der Waals surface area contributed by atoms with E-state index >= 15 is 0 Å². The first-order chi connectivity index (χ1) is 7.93. The fourth-order valence-electron chi connectivity index (χ4n) is 2.59. The van der Waals surface area contributed by atoms with Crippen molar-refractivity contribution in [3.05, 3.63) is 60.2 Å². The van der Waals surface area contributed by atoms with E-state index in [9.17, 15) is 0 Å². The van der Waals surface area contributed by atoms with Gasteiger partial charge >= 0.3 is 0 Å². The molecule has 0 amide bonds. The lowest BCUT2D eigenvalue weighted by Crippen LogP contribution is -1.89. The Morgan fingerprint density at radius 1 is 1.06 bits per heavy atom. The maximum absolute atomic E-state index is 4.19. The summed E-state index contributed by atoms with van der Waals surface area (Å²) in [6.45, 7) is 0. The summed E-state index contributed by atoms with van der Waals surface area (Å²) >= 11 is 0. The summed E-state index contributed by atoms with van der Waals surface area (Å²) in [5.41, 5.74) is 3.99. The third-order valence-electron chi connectivity index (χ3n) is 3.35. The molecule has 2 heterocycles. The molecule has 0 atom stereocenters. The smallest absolute Gasteiger partial charge is 0.0994 e. The highest BCUT2D eigenvalue weighted by atomic mass is 15.1. The van der Waals surface area contributed by atoms with Gasteiger partial charge in [0.05, 0.1) is 12.0 Å². The van der Waals surface area contributed by atoms with Crippen LogP contribution in [0.4, 0.5) is 0 Å². The van der Waals surface area contributed by atoms with Crippen molar-refractivity contribution >= 4 is 10.8 Å². The van der Waals surface area contributed by atoms with Crippen LogP contribution in [0.25, 0.3) is 16.5 Å². The number of imidazole rings is 1. The zero-order valence-corrected chi connectivity index (χ0v) is 8.72. The van der Waals surface area contributed by atoms with Crippen LogP contribution in [0.3, 0.4) is 0 Å². The number of aromatic nitrogens is 2. The monoisotopic (exact) mass is 206 g/mol. The molecular weight excluding hydrogens is 196 g/mol. The minimum Gasteiger partial charge on any atom is -0.303 e. The number of hydrogen-bond acceptors (Lipinski definition) is 1. The molecule has 2 heteroatoms. The summed E-state index contributed by atoms with van der Waals surface area (Å²) in [5, 5.41) is 2.68. The van der Waals surface area contributed by atoms with E-state index in [4.69, 9.17) is 0 Å². The Morgan fingerprint density at radius 3 is 3.00 bits per heavy atom. The first kappa shape index (κ1) is 8.11. The van der Waals surface area contributed by atoms with Crippen molar-refractivity contribution in [2.45, 2.75) is 6.42 Å². The molecule has 0 unspecified atom stereocenters. The molecule has 0 bridgehead atoms. The zero-order chi connectivity index (χ0) is 10.5. The van der Waals surface area contributed by atoms with Gasteiger partial charge in [-0.25, -0.2) is 4.98 Å². The number of nitrogens with zero attached hydrogens (tertiary/aromatic N) is 2. The molecule has 0 saturated carbocycles. The van der Waals surface area contributed by atoms with Gasteiger partial charge in [-0.05, 0) is 22.4 Å². The molecule has 4 rings (SSSR count). The molecule has 0 radical (unpaired) electrons. The number of benzene rings is 2. The maximum atomic E-state index is 4.19. The van der Waals surface area contributed by atoms with Crippen LogP contribution in [0, 0.1) is 0 Å². The van der Waals surface area contributed by atoms with E-state index in [0.29, 0.717) is 0 Å². The van der Waals surface area contributed by atoms with Crippen molar-refractivity contribution in [1.29, 1.82) is 0 Å². The lowest BCUT2D eigenvalue weighted by Gasteiger charge is -2.05. The Balaban J connectivity index is 2.14. The fourth-order valence-corrected chi connectivity index (χ4v) is 2.59. The van der Waals surface area contributed by atoms with Gasteiger partial charge in [0, 0.05) is 18.3 Å². The third-order valence-corrected chi connectivity index (χ3v) is 3.35.